The van der Waals surface area contributed by atoms with E-state index < -0.39 is 0 Å². The third-order valence-electron chi connectivity index (χ3n) is 3.19. The highest BCUT2D eigenvalue weighted by Gasteiger charge is 2.15. The van der Waals surface area contributed by atoms with Gasteiger partial charge in [0, 0.05) is 24.0 Å². The number of hydrogen-bond acceptors (Lipinski definition) is 2. The van der Waals surface area contributed by atoms with E-state index in [4.69, 9.17) is 5.73 Å². The summed E-state index contributed by atoms with van der Waals surface area (Å²) >= 11 is 0. The first-order chi connectivity index (χ1) is 8.99. The van der Waals surface area contributed by atoms with Crippen molar-refractivity contribution in [2.75, 3.05) is 17.7 Å². The van der Waals surface area contributed by atoms with Crippen molar-refractivity contribution in [3.05, 3.63) is 59.2 Å². The number of nitrogens with zero attached hydrogens (tertiary/aromatic N) is 1. The lowest BCUT2D eigenvalue weighted by molar-refractivity contribution is 0.0992. The second kappa shape index (κ2) is 5.14. The Morgan fingerprint density at radius 3 is 2.53 bits per heavy atom. The lowest BCUT2D eigenvalue weighted by Gasteiger charge is -2.19. The number of carbonyl (C=O) groups excluding carboxylic acids is 1. The number of anilines is 2. The summed E-state index contributed by atoms with van der Waals surface area (Å²) < 4.78 is 0. The maximum atomic E-state index is 12.5. The molecule has 98 valence electrons. The minimum absolute atomic E-state index is 0.0215. The van der Waals surface area contributed by atoms with Crippen molar-refractivity contribution in [2.45, 2.75) is 13.8 Å². The van der Waals surface area contributed by atoms with E-state index in [9.17, 15) is 4.79 Å². The van der Waals surface area contributed by atoms with Crippen LogP contribution in [-0.4, -0.2) is 13.0 Å². The molecule has 0 aromatic heterocycles. The van der Waals surface area contributed by atoms with Gasteiger partial charge in [-0.25, -0.2) is 0 Å². The van der Waals surface area contributed by atoms with E-state index in [-0.39, 0.29) is 5.91 Å². The number of carbonyl (C=O) groups is 1. The van der Waals surface area contributed by atoms with Crippen LogP contribution in [0.4, 0.5) is 11.4 Å². The Morgan fingerprint density at radius 2 is 1.84 bits per heavy atom. The second-order valence-electron chi connectivity index (χ2n) is 4.78. The van der Waals surface area contributed by atoms with Crippen LogP contribution in [-0.2, 0) is 0 Å². The maximum Gasteiger partial charge on any atom is 0.258 e. The van der Waals surface area contributed by atoms with Crippen molar-refractivity contribution in [3.63, 3.8) is 0 Å². The monoisotopic (exact) mass is 254 g/mol. The van der Waals surface area contributed by atoms with Crippen molar-refractivity contribution in [1.29, 1.82) is 0 Å². The molecule has 19 heavy (non-hydrogen) atoms. The first-order valence-corrected chi connectivity index (χ1v) is 6.20. The van der Waals surface area contributed by atoms with Crippen LogP contribution in [0.1, 0.15) is 21.5 Å². The lowest BCUT2D eigenvalue weighted by Crippen LogP contribution is -2.27. The van der Waals surface area contributed by atoms with Crippen molar-refractivity contribution in [1.82, 2.24) is 0 Å². The van der Waals surface area contributed by atoms with Crippen LogP contribution < -0.4 is 10.6 Å². The fraction of sp³-hybridized carbons (Fsp3) is 0.188. The molecule has 0 aliphatic heterocycles. The van der Waals surface area contributed by atoms with E-state index in [1.807, 2.05) is 44.2 Å². The van der Waals surface area contributed by atoms with Crippen LogP contribution in [0.3, 0.4) is 0 Å². The van der Waals surface area contributed by atoms with E-state index in [0.717, 1.165) is 22.4 Å². The predicted molar refractivity (Wildman–Crippen MR) is 79.5 cm³/mol. The number of nitrogen functional groups attached to an aromatic ring is 1. The molecule has 0 heterocycles. The fourth-order valence-corrected chi connectivity index (χ4v) is 2.00. The smallest absolute Gasteiger partial charge is 0.258 e. The van der Waals surface area contributed by atoms with Gasteiger partial charge in [-0.3, -0.25) is 4.79 Å². The zero-order valence-corrected chi connectivity index (χ0v) is 11.5. The molecule has 0 saturated heterocycles. The molecule has 1 amide bonds. The van der Waals surface area contributed by atoms with Crippen LogP contribution in [0.2, 0.25) is 0 Å². The molecule has 0 bridgehead atoms. The van der Waals surface area contributed by atoms with Crippen LogP contribution in [0.15, 0.2) is 42.5 Å². The van der Waals surface area contributed by atoms with Crippen LogP contribution >= 0.6 is 0 Å². The Hall–Kier alpha value is -2.29. The molecular weight excluding hydrogens is 236 g/mol. The van der Waals surface area contributed by atoms with E-state index in [1.165, 1.54) is 0 Å². The topological polar surface area (TPSA) is 46.3 Å². The average molecular weight is 254 g/mol. The van der Waals surface area contributed by atoms with Gasteiger partial charge in [0.1, 0.15) is 0 Å². The normalized spacial score (nSPS) is 10.3. The molecule has 0 unspecified atom stereocenters. The van der Waals surface area contributed by atoms with E-state index >= 15 is 0 Å². The Morgan fingerprint density at radius 1 is 1.11 bits per heavy atom. The third-order valence-corrected chi connectivity index (χ3v) is 3.19. The summed E-state index contributed by atoms with van der Waals surface area (Å²) in [5, 5.41) is 0. The van der Waals surface area contributed by atoms with Gasteiger partial charge in [0.2, 0.25) is 0 Å². The van der Waals surface area contributed by atoms with Gasteiger partial charge in [0.05, 0.1) is 0 Å². The number of benzene rings is 2. The summed E-state index contributed by atoms with van der Waals surface area (Å²) in [5.41, 5.74) is 9.98. The largest absolute Gasteiger partial charge is 0.399 e. The molecule has 0 aliphatic carbocycles. The lowest BCUT2D eigenvalue weighted by atomic mass is 10.0. The molecule has 3 heteroatoms. The van der Waals surface area contributed by atoms with Crippen LogP contribution in [0.25, 0.3) is 0 Å². The summed E-state index contributed by atoms with van der Waals surface area (Å²) in [4.78, 5) is 14.1. The fourth-order valence-electron chi connectivity index (χ4n) is 2.00. The molecule has 0 fully saturated rings. The molecule has 0 atom stereocenters. The minimum Gasteiger partial charge on any atom is -0.399 e. The molecule has 0 radical (unpaired) electrons. The average Bonchev–Trinajstić information content (AvgIpc) is 2.40. The zero-order chi connectivity index (χ0) is 14.0. The standard InChI is InChI=1S/C16H18N2O/c1-11-7-8-12(2)15(9-11)16(19)18(3)14-6-4-5-13(17)10-14/h4-10H,17H2,1-3H3. The molecule has 2 N–H and O–H groups in total. The highest BCUT2D eigenvalue weighted by atomic mass is 16.2. The molecule has 2 rings (SSSR count). The Labute approximate surface area is 113 Å². The van der Waals surface area contributed by atoms with Gasteiger partial charge in [0.25, 0.3) is 5.91 Å². The minimum atomic E-state index is -0.0215. The Bertz CT molecular complexity index is 620. The zero-order valence-electron chi connectivity index (χ0n) is 11.5. The molecule has 0 saturated carbocycles. The van der Waals surface area contributed by atoms with Crippen LogP contribution in [0, 0.1) is 13.8 Å². The highest BCUT2D eigenvalue weighted by molar-refractivity contribution is 6.06. The molecule has 3 nitrogen and oxygen atoms in total. The van der Waals surface area contributed by atoms with Gasteiger partial charge in [-0.1, -0.05) is 23.8 Å². The Kier molecular flexibility index (Phi) is 3.56. The van der Waals surface area contributed by atoms with Gasteiger partial charge in [0.15, 0.2) is 0 Å². The molecule has 2 aromatic rings. The number of rotatable bonds is 2. The van der Waals surface area contributed by atoms with E-state index in [0.29, 0.717) is 5.69 Å². The third kappa shape index (κ3) is 2.76. The van der Waals surface area contributed by atoms with Crippen molar-refractivity contribution in [3.8, 4) is 0 Å². The van der Waals surface area contributed by atoms with Gasteiger partial charge < -0.3 is 10.6 Å². The van der Waals surface area contributed by atoms with Gasteiger partial charge in [-0.2, -0.15) is 0 Å². The van der Waals surface area contributed by atoms with Crippen molar-refractivity contribution in [2.24, 2.45) is 0 Å². The second-order valence-corrected chi connectivity index (χ2v) is 4.78. The van der Waals surface area contributed by atoms with Gasteiger partial charge >= 0.3 is 0 Å². The molecule has 0 spiro atoms. The molecular formula is C16H18N2O. The number of amides is 1. The first-order valence-electron chi connectivity index (χ1n) is 6.20. The van der Waals surface area contributed by atoms with Gasteiger partial charge in [-0.15, -0.1) is 0 Å². The number of aryl methyl sites for hydroxylation is 2. The van der Waals surface area contributed by atoms with Gasteiger partial charge in [-0.05, 0) is 43.7 Å². The summed E-state index contributed by atoms with van der Waals surface area (Å²) in [6.07, 6.45) is 0. The Balaban J connectivity index is 2.36. The summed E-state index contributed by atoms with van der Waals surface area (Å²) in [6.45, 7) is 3.93. The van der Waals surface area contributed by atoms with Crippen molar-refractivity contribution < 1.29 is 4.79 Å². The predicted octanol–water partition coefficient (Wildman–Crippen LogP) is 3.16. The maximum absolute atomic E-state index is 12.5. The number of hydrogen-bond donors (Lipinski definition) is 1. The number of nitrogens with two attached hydrogens (primary N) is 1. The highest BCUT2D eigenvalue weighted by Crippen LogP contribution is 2.20. The first kappa shape index (κ1) is 13.1. The molecule has 0 aliphatic rings. The quantitative estimate of drug-likeness (QED) is 0.837. The summed E-state index contributed by atoms with van der Waals surface area (Å²) in [7, 11) is 1.76. The van der Waals surface area contributed by atoms with E-state index in [2.05, 4.69) is 0 Å². The van der Waals surface area contributed by atoms with Crippen LogP contribution in [0.5, 0.6) is 0 Å². The molecule has 2 aromatic carbocycles. The summed E-state index contributed by atoms with van der Waals surface area (Å²) in [5.74, 6) is -0.0215. The SMILES string of the molecule is Cc1ccc(C)c(C(=O)N(C)c2cccc(N)c2)c1. The van der Waals surface area contributed by atoms with Crippen molar-refractivity contribution >= 4 is 17.3 Å². The van der Waals surface area contributed by atoms with E-state index in [1.54, 1.807) is 24.1 Å². The summed E-state index contributed by atoms with van der Waals surface area (Å²) in [6, 6.07) is 13.2.